The minimum Gasteiger partial charge on any atom is -0.478 e. The Morgan fingerprint density at radius 3 is 2.68 bits per heavy atom. The second-order valence-corrected chi connectivity index (χ2v) is 4.42. The number of hydrogen-bond donors (Lipinski definition) is 1. The summed E-state index contributed by atoms with van der Waals surface area (Å²) in [5, 5.41) is 9.33. The van der Waals surface area contributed by atoms with Gasteiger partial charge in [0.25, 0.3) is 0 Å². The second-order valence-electron chi connectivity index (χ2n) is 4.42. The van der Waals surface area contributed by atoms with E-state index in [1.807, 2.05) is 26.0 Å². The quantitative estimate of drug-likeness (QED) is 0.771. The molecule has 1 aromatic carbocycles. The third-order valence-corrected chi connectivity index (χ3v) is 2.76. The van der Waals surface area contributed by atoms with Gasteiger partial charge in [0.2, 0.25) is 0 Å². The average molecular weight is 266 g/mol. The van der Waals surface area contributed by atoms with Gasteiger partial charge < -0.3 is 14.6 Å². The van der Waals surface area contributed by atoms with Crippen molar-refractivity contribution in [3.05, 3.63) is 29.3 Å². The molecule has 0 radical (unpaired) electrons. The molecule has 0 spiro atoms. The van der Waals surface area contributed by atoms with E-state index >= 15 is 0 Å². The Balaban J connectivity index is 2.86. The van der Waals surface area contributed by atoms with Gasteiger partial charge in [-0.2, -0.15) is 0 Å². The maximum Gasteiger partial charge on any atom is 0.347 e. The van der Waals surface area contributed by atoms with Gasteiger partial charge in [0.15, 0.2) is 6.10 Å². The van der Waals surface area contributed by atoms with Crippen molar-refractivity contribution in [3.63, 3.8) is 0 Å². The van der Waals surface area contributed by atoms with Crippen LogP contribution in [0.25, 0.3) is 0 Å². The summed E-state index contributed by atoms with van der Waals surface area (Å²) in [4.78, 5) is 11.8. The molecule has 0 amide bonds. The Bertz CT molecular complexity index is 415. The smallest absolute Gasteiger partial charge is 0.347 e. The van der Waals surface area contributed by atoms with Crippen LogP contribution in [-0.4, -0.2) is 23.8 Å². The number of carbonyl (C=O) groups excluding carboxylic acids is 1. The van der Waals surface area contributed by atoms with Crippen molar-refractivity contribution in [2.45, 2.75) is 46.3 Å². The number of aryl methyl sites for hydroxylation is 1. The summed E-state index contributed by atoms with van der Waals surface area (Å²) in [5.74, 6) is 0.188. The van der Waals surface area contributed by atoms with Crippen molar-refractivity contribution in [2.24, 2.45) is 0 Å². The first kappa shape index (κ1) is 15.5. The van der Waals surface area contributed by atoms with Crippen molar-refractivity contribution >= 4 is 5.97 Å². The lowest BCUT2D eigenvalue weighted by molar-refractivity contribution is -0.151. The maximum absolute atomic E-state index is 11.8. The molecular formula is C15H22O4. The van der Waals surface area contributed by atoms with E-state index in [1.165, 1.54) is 0 Å². The number of carbonyl (C=O) groups is 1. The summed E-state index contributed by atoms with van der Waals surface area (Å²) in [7, 11) is 0. The maximum atomic E-state index is 11.8. The standard InChI is InChI=1S/C15H22O4/c1-4-6-14(15(17)18-5-2)19-13-8-7-11(3)9-12(13)10-16/h7-9,14,16H,4-6,10H2,1-3H3. The van der Waals surface area contributed by atoms with Gasteiger partial charge in [-0.3, -0.25) is 0 Å². The Kier molecular flexibility index (Phi) is 6.36. The normalized spacial score (nSPS) is 12.0. The fourth-order valence-corrected chi connectivity index (χ4v) is 1.82. The minimum absolute atomic E-state index is 0.112. The number of aliphatic hydroxyl groups excluding tert-OH is 1. The number of aliphatic hydroxyl groups is 1. The third kappa shape index (κ3) is 4.56. The van der Waals surface area contributed by atoms with Crippen LogP contribution in [0.2, 0.25) is 0 Å². The molecule has 0 aliphatic heterocycles. The number of rotatable bonds is 7. The van der Waals surface area contributed by atoms with Gasteiger partial charge >= 0.3 is 5.97 Å². The highest BCUT2D eigenvalue weighted by atomic mass is 16.6. The topological polar surface area (TPSA) is 55.8 Å². The SMILES string of the molecule is CCCC(Oc1ccc(C)cc1CO)C(=O)OCC. The highest BCUT2D eigenvalue weighted by Gasteiger charge is 2.21. The van der Waals surface area contributed by atoms with Crippen LogP contribution >= 0.6 is 0 Å². The molecule has 0 bridgehead atoms. The van der Waals surface area contributed by atoms with Crippen LogP contribution in [0, 0.1) is 6.92 Å². The van der Waals surface area contributed by atoms with Crippen molar-refractivity contribution < 1.29 is 19.4 Å². The van der Waals surface area contributed by atoms with E-state index in [1.54, 1.807) is 13.0 Å². The number of hydrogen-bond acceptors (Lipinski definition) is 4. The van der Waals surface area contributed by atoms with Crippen molar-refractivity contribution in [2.75, 3.05) is 6.61 Å². The van der Waals surface area contributed by atoms with Gasteiger partial charge in [0.1, 0.15) is 5.75 Å². The summed E-state index contributed by atoms with van der Waals surface area (Å²) in [6, 6.07) is 5.52. The van der Waals surface area contributed by atoms with Crippen LogP contribution < -0.4 is 4.74 Å². The predicted molar refractivity (Wildman–Crippen MR) is 73.1 cm³/mol. The van der Waals surface area contributed by atoms with Crippen LogP contribution in [0.5, 0.6) is 5.75 Å². The average Bonchev–Trinajstić information content (AvgIpc) is 2.40. The van der Waals surface area contributed by atoms with Crippen molar-refractivity contribution in [1.29, 1.82) is 0 Å². The summed E-state index contributed by atoms with van der Waals surface area (Å²) in [6.45, 7) is 5.92. The number of benzene rings is 1. The molecule has 0 aliphatic rings. The molecule has 1 rings (SSSR count). The Labute approximate surface area is 114 Å². The van der Waals surface area contributed by atoms with Gasteiger partial charge in [-0.05, 0) is 26.3 Å². The molecule has 1 aromatic rings. The lowest BCUT2D eigenvalue weighted by Gasteiger charge is -2.19. The molecule has 0 fully saturated rings. The Hall–Kier alpha value is -1.55. The van der Waals surface area contributed by atoms with E-state index in [4.69, 9.17) is 9.47 Å². The molecule has 19 heavy (non-hydrogen) atoms. The Morgan fingerprint density at radius 2 is 2.11 bits per heavy atom. The van der Waals surface area contributed by atoms with Crippen LogP contribution in [0.15, 0.2) is 18.2 Å². The zero-order chi connectivity index (χ0) is 14.3. The first-order valence-corrected chi connectivity index (χ1v) is 6.66. The van der Waals surface area contributed by atoms with E-state index < -0.39 is 6.10 Å². The van der Waals surface area contributed by atoms with Gasteiger partial charge in [-0.1, -0.05) is 31.0 Å². The molecule has 1 atom stereocenters. The molecule has 1 unspecified atom stereocenters. The van der Waals surface area contributed by atoms with Crippen LogP contribution in [0.3, 0.4) is 0 Å². The highest BCUT2D eigenvalue weighted by molar-refractivity contribution is 5.75. The predicted octanol–water partition coefficient (Wildman–Crippen LogP) is 2.60. The molecule has 0 heterocycles. The largest absolute Gasteiger partial charge is 0.478 e. The monoisotopic (exact) mass is 266 g/mol. The summed E-state index contributed by atoms with van der Waals surface area (Å²) in [6.07, 6.45) is 0.805. The molecule has 0 saturated heterocycles. The van der Waals surface area contributed by atoms with Crippen LogP contribution in [-0.2, 0) is 16.1 Å². The summed E-state index contributed by atoms with van der Waals surface area (Å²) >= 11 is 0. The molecule has 106 valence electrons. The van der Waals surface area contributed by atoms with E-state index in [0.717, 1.165) is 12.0 Å². The molecule has 4 heteroatoms. The zero-order valence-electron chi connectivity index (χ0n) is 11.8. The third-order valence-electron chi connectivity index (χ3n) is 2.76. The van der Waals surface area contributed by atoms with E-state index in [-0.39, 0.29) is 12.6 Å². The van der Waals surface area contributed by atoms with Crippen LogP contribution in [0.1, 0.15) is 37.8 Å². The number of esters is 1. The van der Waals surface area contributed by atoms with Gasteiger partial charge in [-0.25, -0.2) is 4.79 Å². The fraction of sp³-hybridized carbons (Fsp3) is 0.533. The van der Waals surface area contributed by atoms with E-state index in [9.17, 15) is 9.90 Å². The zero-order valence-corrected chi connectivity index (χ0v) is 11.8. The summed E-state index contributed by atoms with van der Waals surface area (Å²) in [5.41, 5.74) is 1.73. The lowest BCUT2D eigenvalue weighted by Crippen LogP contribution is -2.29. The molecular weight excluding hydrogens is 244 g/mol. The van der Waals surface area contributed by atoms with Crippen LogP contribution in [0.4, 0.5) is 0 Å². The van der Waals surface area contributed by atoms with Gasteiger partial charge in [0.05, 0.1) is 13.2 Å². The van der Waals surface area contributed by atoms with Crippen molar-refractivity contribution in [3.8, 4) is 5.75 Å². The Morgan fingerprint density at radius 1 is 1.37 bits per heavy atom. The minimum atomic E-state index is -0.613. The number of ether oxygens (including phenoxy) is 2. The molecule has 0 aromatic heterocycles. The highest BCUT2D eigenvalue weighted by Crippen LogP contribution is 2.22. The van der Waals surface area contributed by atoms with E-state index in [0.29, 0.717) is 24.3 Å². The summed E-state index contributed by atoms with van der Waals surface area (Å²) < 4.78 is 10.7. The molecule has 1 N–H and O–H groups in total. The first-order valence-electron chi connectivity index (χ1n) is 6.66. The fourth-order valence-electron chi connectivity index (χ4n) is 1.82. The van der Waals surface area contributed by atoms with Gasteiger partial charge in [0, 0.05) is 5.56 Å². The molecule has 0 saturated carbocycles. The van der Waals surface area contributed by atoms with E-state index in [2.05, 4.69) is 0 Å². The molecule has 4 nitrogen and oxygen atoms in total. The first-order chi connectivity index (χ1) is 9.12. The lowest BCUT2D eigenvalue weighted by atomic mass is 10.1. The second kappa shape index (κ2) is 7.79. The van der Waals surface area contributed by atoms with Crippen molar-refractivity contribution in [1.82, 2.24) is 0 Å². The van der Waals surface area contributed by atoms with Gasteiger partial charge in [-0.15, -0.1) is 0 Å². The molecule has 0 aliphatic carbocycles.